The van der Waals surface area contributed by atoms with Crippen molar-refractivity contribution >= 4 is 23.0 Å². The van der Waals surface area contributed by atoms with E-state index in [2.05, 4.69) is 10.1 Å². The van der Waals surface area contributed by atoms with Crippen molar-refractivity contribution in [3.63, 3.8) is 0 Å². The van der Waals surface area contributed by atoms with Crippen molar-refractivity contribution in [3.05, 3.63) is 60.4 Å². The first-order valence-corrected chi connectivity index (χ1v) is 6.45. The van der Waals surface area contributed by atoms with E-state index in [9.17, 15) is 0 Å². The fourth-order valence-electron chi connectivity index (χ4n) is 2.37. The van der Waals surface area contributed by atoms with Crippen molar-refractivity contribution in [3.8, 4) is 0 Å². The van der Waals surface area contributed by atoms with Crippen LogP contribution in [0.4, 0.5) is 11.5 Å². The van der Waals surface area contributed by atoms with Crippen LogP contribution in [0.25, 0.3) is 5.65 Å². The van der Waals surface area contributed by atoms with E-state index in [1.54, 1.807) is 6.20 Å². The molecule has 0 amide bonds. The Kier molecular flexibility index (Phi) is 3.19. The van der Waals surface area contributed by atoms with E-state index >= 15 is 0 Å². The van der Waals surface area contributed by atoms with Gasteiger partial charge in [0.2, 0.25) is 0 Å². The van der Waals surface area contributed by atoms with Gasteiger partial charge in [0.1, 0.15) is 11.5 Å². The maximum atomic E-state index is 8.93. The Morgan fingerprint density at radius 3 is 2.86 bits per heavy atom. The minimum atomic E-state index is 0.0789. The molecule has 0 fully saturated rings. The average molecular weight is 281 g/mol. The Morgan fingerprint density at radius 2 is 2.05 bits per heavy atom. The minimum Gasteiger partial charge on any atom is -0.409 e. The number of para-hydroxylation sites is 1. The Morgan fingerprint density at radius 1 is 1.24 bits per heavy atom. The summed E-state index contributed by atoms with van der Waals surface area (Å²) in [4.78, 5) is 6.25. The lowest BCUT2D eigenvalue weighted by Gasteiger charge is -2.23. The zero-order valence-electron chi connectivity index (χ0n) is 11.5. The summed E-state index contributed by atoms with van der Waals surface area (Å²) in [5.41, 5.74) is 8.13. The molecular formula is C15H15N5O. The number of amidine groups is 1. The van der Waals surface area contributed by atoms with Crippen LogP contribution in [0.3, 0.4) is 0 Å². The zero-order chi connectivity index (χ0) is 14.8. The SMILES string of the molecule is CN(c1ccccc1/C(N)=N/O)c1cccc2nccn12. The summed E-state index contributed by atoms with van der Waals surface area (Å²) in [5.74, 6) is 1.01. The molecule has 0 spiro atoms. The summed E-state index contributed by atoms with van der Waals surface area (Å²) in [6.07, 6.45) is 3.65. The monoisotopic (exact) mass is 281 g/mol. The second-order valence-corrected chi connectivity index (χ2v) is 4.60. The number of nitrogens with zero attached hydrogens (tertiary/aromatic N) is 4. The number of pyridine rings is 1. The number of imidazole rings is 1. The molecule has 1 aromatic carbocycles. The summed E-state index contributed by atoms with van der Waals surface area (Å²) < 4.78 is 1.98. The van der Waals surface area contributed by atoms with Crippen molar-refractivity contribution < 1.29 is 5.21 Å². The third kappa shape index (κ3) is 2.16. The molecule has 0 unspecified atom stereocenters. The van der Waals surface area contributed by atoms with Crippen LogP contribution in [0.5, 0.6) is 0 Å². The molecule has 2 heterocycles. The van der Waals surface area contributed by atoms with Crippen molar-refractivity contribution in [1.29, 1.82) is 0 Å². The molecule has 2 aromatic heterocycles. The number of fused-ring (bicyclic) bond motifs is 1. The molecule has 3 rings (SSSR count). The molecule has 3 N–H and O–H groups in total. The van der Waals surface area contributed by atoms with Crippen molar-refractivity contribution in [1.82, 2.24) is 9.38 Å². The molecule has 0 saturated heterocycles. The second kappa shape index (κ2) is 5.16. The van der Waals surface area contributed by atoms with Gasteiger partial charge >= 0.3 is 0 Å². The summed E-state index contributed by atoms with van der Waals surface area (Å²) >= 11 is 0. The van der Waals surface area contributed by atoms with Gasteiger partial charge in [0.05, 0.1) is 5.69 Å². The Hall–Kier alpha value is -3.02. The summed E-state index contributed by atoms with van der Waals surface area (Å²) in [6.45, 7) is 0. The maximum Gasteiger partial charge on any atom is 0.172 e. The first-order valence-electron chi connectivity index (χ1n) is 6.45. The lowest BCUT2D eigenvalue weighted by Crippen LogP contribution is -2.20. The Balaban J connectivity index is 2.15. The first kappa shape index (κ1) is 13.0. The summed E-state index contributed by atoms with van der Waals surface area (Å²) in [5, 5.41) is 12.0. The lowest BCUT2D eigenvalue weighted by molar-refractivity contribution is 0.318. The smallest absolute Gasteiger partial charge is 0.172 e. The highest BCUT2D eigenvalue weighted by molar-refractivity contribution is 6.02. The van der Waals surface area contributed by atoms with Gasteiger partial charge in [0, 0.05) is 25.0 Å². The van der Waals surface area contributed by atoms with Gasteiger partial charge in [0.25, 0.3) is 0 Å². The van der Waals surface area contributed by atoms with Gasteiger partial charge in [0.15, 0.2) is 5.84 Å². The number of nitrogens with two attached hydrogens (primary N) is 1. The standard InChI is InChI=1S/C15H15N5O/c1-19(12-6-3-2-5-11(12)15(16)18-21)14-8-4-7-13-17-9-10-20(13)14/h2-10,21H,1H3,(H2,16,18). The summed E-state index contributed by atoms with van der Waals surface area (Å²) in [6, 6.07) is 13.4. The van der Waals surface area contributed by atoms with Crippen LogP contribution < -0.4 is 10.6 Å². The number of rotatable bonds is 3. The van der Waals surface area contributed by atoms with Gasteiger partial charge in [-0.15, -0.1) is 0 Å². The zero-order valence-corrected chi connectivity index (χ0v) is 11.5. The number of aromatic nitrogens is 2. The van der Waals surface area contributed by atoms with Crippen LogP contribution in [0.2, 0.25) is 0 Å². The van der Waals surface area contributed by atoms with Crippen LogP contribution in [-0.2, 0) is 0 Å². The van der Waals surface area contributed by atoms with Crippen LogP contribution in [0.1, 0.15) is 5.56 Å². The molecule has 21 heavy (non-hydrogen) atoms. The van der Waals surface area contributed by atoms with Gasteiger partial charge in [-0.1, -0.05) is 23.4 Å². The lowest BCUT2D eigenvalue weighted by atomic mass is 10.1. The molecule has 6 nitrogen and oxygen atoms in total. The molecular weight excluding hydrogens is 266 g/mol. The predicted octanol–water partition coefficient (Wildman–Crippen LogP) is 2.20. The highest BCUT2D eigenvalue weighted by Gasteiger charge is 2.14. The van der Waals surface area contributed by atoms with Gasteiger partial charge in [-0.3, -0.25) is 4.40 Å². The van der Waals surface area contributed by atoms with Crippen LogP contribution in [0, 0.1) is 0 Å². The minimum absolute atomic E-state index is 0.0789. The quantitative estimate of drug-likeness (QED) is 0.334. The van der Waals surface area contributed by atoms with E-state index in [1.807, 2.05) is 65.0 Å². The fourth-order valence-corrected chi connectivity index (χ4v) is 2.37. The van der Waals surface area contributed by atoms with Crippen LogP contribution in [-0.4, -0.2) is 27.5 Å². The summed E-state index contributed by atoms with van der Waals surface area (Å²) in [7, 11) is 1.93. The van der Waals surface area contributed by atoms with E-state index < -0.39 is 0 Å². The number of oxime groups is 1. The maximum absolute atomic E-state index is 8.93. The second-order valence-electron chi connectivity index (χ2n) is 4.60. The third-order valence-corrected chi connectivity index (χ3v) is 3.40. The molecule has 3 aromatic rings. The Bertz CT molecular complexity index is 808. The molecule has 106 valence electrons. The van der Waals surface area contributed by atoms with E-state index in [0.29, 0.717) is 5.56 Å². The number of anilines is 2. The highest BCUT2D eigenvalue weighted by atomic mass is 16.4. The molecule has 0 bridgehead atoms. The molecule has 0 aliphatic carbocycles. The van der Waals surface area contributed by atoms with Gasteiger partial charge in [-0.2, -0.15) is 0 Å². The van der Waals surface area contributed by atoms with E-state index in [4.69, 9.17) is 10.9 Å². The first-order chi connectivity index (χ1) is 10.2. The molecule has 6 heteroatoms. The number of hydrogen-bond donors (Lipinski definition) is 2. The fraction of sp³-hybridized carbons (Fsp3) is 0.0667. The van der Waals surface area contributed by atoms with Crippen LogP contribution >= 0.6 is 0 Å². The van der Waals surface area contributed by atoms with E-state index in [1.165, 1.54) is 0 Å². The molecule has 0 atom stereocenters. The van der Waals surface area contributed by atoms with Gasteiger partial charge < -0.3 is 15.8 Å². The molecule has 0 aliphatic heterocycles. The average Bonchev–Trinajstić information content (AvgIpc) is 3.02. The van der Waals surface area contributed by atoms with Crippen molar-refractivity contribution in [2.45, 2.75) is 0 Å². The predicted molar refractivity (Wildman–Crippen MR) is 82.2 cm³/mol. The molecule has 0 saturated carbocycles. The number of hydrogen-bond acceptors (Lipinski definition) is 4. The van der Waals surface area contributed by atoms with E-state index in [0.717, 1.165) is 17.2 Å². The van der Waals surface area contributed by atoms with Crippen molar-refractivity contribution in [2.24, 2.45) is 10.9 Å². The molecule has 0 radical (unpaired) electrons. The Labute approximate surface area is 121 Å². The third-order valence-electron chi connectivity index (χ3n) is 3.40. The topological polar surface area (TPSA) is 79.1 Å². The molecule has 0 aliphatic rings. The normalized spacial score (nSPS) is 11.8. The number of benzene rings is 1. The van der Waals surface area contributed by atoms with E-state index in [-0.39, 0.29) is 5.84 Å². The van der Waals surface area contributed by atoms with Crippen molar-refractivity contribution in [2.75, 3.05) is 11.9 Å². The van der Waals surface area contributed by atoms with Gasteiger partial charge in [-0.25, -0.2) is 4.98 Å². The van der Waals surface area contributed by atoms with Gasteiger partial charge in [-0.05, 0) is 24.3 Å². The highest BCUT2D eigenvalue weighted by Crippen LogP contribution is 2.27. The largest absolute Gasteiger partial charge is 0.409 e. The van der Waals surface area contributed by atoms with Crippen LogP contribution in [0.15, 0.2) is 60.0 Å².